The third-order valence-corrected chi connectivity index (χ3v) is 1.59. The fraction of sp³-hybridized carbons (Fsp3) is 0.182. The summed E-state index contributed by atoms with van der Waals surface area (Å²) in [6.45, 7) is 3.75. The Labute approximate surface area is 88.0 Å². The van der Waals surface area contributed by atoms with Gasteiger partial charge in [0.2, 0.25) is 0 Å². The Morgan fingerprint density at radius 2 is 1.87 bits per heavy atom. The van der Waals surface area contributed by atoms with Crippen molar-refractivity contribution in [2.24, 2.45) is 0 Å². The second kappa shape index (κ2) is 5.14. The molecule has 80 valence electrons. The minimum Gasteiger partial charge on any atom is -0.314 e. The van der Waals surface area contributed by atoms with E-state index in [4.69, 9.17) is 0 Å². The minimum absolute atomic E-state index is 0.328. The first kappa shape index (κ1) is 11.2. The molecule has 1 rings (SSSR count). The third kappa shape index (κ3) is 4.26. The molecule has 2 N–H and O–H groups in total. The molecule has 0 saturated carbocycles. The molecule has 0 aliphatic rings. The van der Waals surface area contributed by atoms with E-state index in [1.165, 1.54) is 24.3 Å². The Bertz CT molecular complexity index is 367. The highest BCUT2D eigenvalue weighted by Crippen LogP contribution is 2.07. The van der Waals surface area contributed by atoms with E-state index in [1.54, 1.807) is 6.20 Å². The molecule has 0 aliphatic carbocycles. The van der Waals surface area contributed by atoms with Gasteiger partial charge in [-0.25, -0.2) is 9.18 Å². The largest absolute Gasteiger partial charge is 0.323 e. The number of anilines is 1. The molecule has 2 amide bonds. The molecular formula is C11H13FN2O. The molecule has 0 aromatic heterocycles. The Kier molecular flexibility index (Phi) is 3.85. The van der Waals surface area contributed by atoms with Crippen LogP contribution < -0.4 is 10.6 Å². The van der Waals surface area contributed by atoms with Crippen LogP contribution in [0.25, 0.3) is 0 Å². The highest BCUT2D eigenvalue weighted by Gasteiger charge is 1.98. The van der Waals surface area contributed by atoms with Crippen LogP contribution in [0.5, 0.6) is 0 Å². The van der Waals surface area contributed by atoms with Gasteiger partial charge in [-0.15, -0.1) is 0 Å². The predicted octanol–water partition coefficient (Wildman–Crippen LogP) is 2.87. The maximum absolute atomic E-state index is 12.5. The molecule has 0 aliphatic heterocycles. The fourth-order valence-corrected chi connectivity index (χ4v) is 0.910. The van der Waals surface area contributed by atoms with E-state index in [0.717, 1.165) is 5.57 Å². The number of benzene rings is 1. The van der Waals surface area contributed by atoms with Crippen LogP contribution in [0.15, 0.2) is 36.0 Å². The first-order valence-electron chi connectivity index (χ1n) is 4.54. The van der Waals surface area contributed by atoms with E-state index < -0.39 is 0 Å². The summed E-state index contributed by atoms with van der Waals surface area (Å²) in [6.07, 6.45) is 1.60. The Morgan fingerprint density at radius 3 is 2.40 bits per heavy atom. The molecule has 0 spiro atoms. The molecule has 3 nitrogen and oxygen atoms in total. The van der Waals surface area contributed by atoms with Gasteiger partial charge in [-0.05, 0) is 38.1 Å². The van der Waals surface area contributed by atoms with Crippen LogP contribution in [0.4, 0.5) is 14.9 Å². The standard InChI is InChI=1S/C11H13FN2O/c1-8(2)7-13-11(15)14-10-5-3-9(12)4-6-10/h3-7H,1-2H3,(H2,13,14,15). The summed E-state index contributed by atoms with van der Waals surface area (Å²) >= 11 is 0. The van der Waals surface area contributed by atoms with Crippen molar-refractivity contribution >= 4 is 11.7 Å². The maximum atomic E-state index is 12.5. The zero-order valence-corrected chi connectivity index (χ0v) is 8.67. The molecule has 0 fully saturated rings. The Hall–Kier alpha value is -1.84. The zero-order valence-electron chi connectivity index (χ0n) is 8.67. The lowest BCUT2D eigenvalue weighted by Gasteiger charge is -2.04. The van der Waals surface area contributed by atoms with E-state index in [0.29, 0.717) is 5.69 Å². The summed E-state index contributed by atoms with van der Waals surface area (Å²) < 4.78 is 12.5. The van der Waals surface area contributed by atoms with Gasteiger partial charge in [0.25, 0.3) is 0 Å². The number of carbonyl (C=O) groups is 1. The summed E-state index contributed by atoms with van der Waals surface area (Å²) in [5.41, 5.74) is 1.54. The molecule has 0 unspecified atom stereocenters. The van der Waals surface area contributed by atoms with E-state index in [9.17, 15) is 9.18 Å². The van der Waals surface area contributed by atoms with Gasteiger partial charge in [0.15, 0.2) is 0 Å². The number of hydrogen-bond acceptors (Lipinski definition) is 1. The van der Waals surface area contributed by atoms with Crippen LogP contribution in [0.1, 0.15) is 13.8 Å². The van der Waals surface area contributed by atoms with Crippen molar-refractivity contribution in [2.45, 2.75) is 13.8 Å². The van der Waals surface area contributed by atoms with E-state index in [-0.39, 0.29) is 11.8 Å². The molecule has 1 aromatic rings. The van der Waals surface area contributed by atoms with Crippen molar-refractivity contribution in [1.82, 2.24) is 5.32 Å². The second-order valence-electron chi connectivity index (χ2n) is 3.33. The molecular weight excluding hydrogens is 195 g/mol. The normalized spacial score (nSPS) is 9.27. The first-order chi connectivity index (χ1) is 7.08. The average Bonchev–Trinajstić information content (AvgIpc) is 2.19. The lowest BCUT2D eigenvalue weighted by Crippen LogP contribution is -2.24. The summed E-state index contributed by atoms with van der Waals surface area (Å²) in [4.78, 5) is 11.2. The molecule has 0 radical (unpaired) electrons. The average molecular weight is 208 g/mol. The number of halogens is 1. The summed E-state index contributed by atoms with van der Waals surface area (Å²) in [5.74, 6) is -0.328. The second-order valence-corrected chi connectivity index (χ2v) is 3.33. The zero-order chi connectivity index (χ0) is 11.3. The van der Waals surface area contributed by atoms with Crippen molar-refractivity contribution in [2.75, 3.05) is 5.32 Å². The van der Waals surface area contributed by atoms with Gasteiger partial charge in [0.05, 0.1) is 0 Å². The number of allylic oxidation sites excluding steroid dienone is 1. The van der Waals surface area contributed by atoms with Gasteiger partial charge >= 0.3 is 6.03 Å². The highest BCUT2D eigenvalue weighted by molar-refractivity contribution is 5.89. The molecule has 0 atom stereocenters. The van der Waals surface area contributed by atoms with E-state index in [2.05, 4.69) is 10.6 Å². The summed E-state index contributed by atoms with van der Waals surface area (Å²) in [7, 11) is 0. The van der Waals surface area contributed by atoms with Crippen LogP contribution >= 0.6 is 0 Å². The summed E-state index contributed by atoms with van der Waals surface area (Å²) in [6, 6.07) is 5.23. The smallest absolute Gasteiger partial charge is 0.314 e. The van der Waals surface area contributed by atoms with Crippen molar-refractivity contribution in [3.05, 3.63) is 41.9 Å². The van der Waals surface area contributed by atoms with Crippen LogP contribution in [0, 0.1) is 5.82 Å². The quantitative estimate of drug-likeness (QED) is 0.770. The van der Waals surface area contributed by atoms with Crippen molar-refractivity contribution in [3.63, 3.8) is 0 Å². The number of rotatable bonds is 2. The van der Waals surface area contributed by atoms with Crippen LogP contribution in [-0.4, -0.2) is 6.03 Å². The highest BCUT2D eigenvalue weighted by atomic mass is 19.1. The number of carbonyl (C=O) groups excluding carboxylic acids is 1. The molecule has 0 bridgehead atoms. The molecule has 0 saturated heterocycles. The van der Waals surface area contributed by atoms with Crippen molar-refractivity contribution in [1.29, 1.82) is 0 Å². The molecule has 1 aromatic carbocycles. The van der Waals surface area contributed by atoms with Crippen molar-refractivity contribution < 1.29 is 9.18 Å². The van der Waals surface area contributed by atoms with Crippen LogP contribution in [0.3, 0.4) is 0 Å². The molecule has 0 heterocycles. The molecule has 4 heteroatoms. The first-order valence-corrected chi connectivity index (χ1v) is 4.54. The van der Waals surface area contributed by atoms with Crippen molar-refractivity contribution in [3.8, 4) is 0 Å². The SMILES string of the molecule is CC(C)=CNC(=O)Nc1ccc(F)cc1. The van der Waals surface area contributed by atoms with Gasteiger partial charge < -0.3 is 10.6 Å². The van der Waals surface area contributed by atoms with Gasteiger partial charge in [-0.3, -0.25) is 0 Å². The topological polar surface area (TPSA) is 41.1 Å². The van der Waals surface area contributed by atoms with Crippen LogP contribution in [0.2, 0.25) is 0 Å². The van der Waals surface area contributed by atoms with E-state index in [1.807, 2.05) is 13.8 Å². The monoisotopic (exact) mass is 208 g/mol. The van der Waals surface area contributed by atoms with Gasteiger partial charge in [0, 0.05) is 11.9 Å². The Morgan fingerprint density at radius 1 is 1.27 bits per heavy atom. The minimum atomic E-state index is -0.345. The molecule has 15 heavy (non-hydrogen) atoms. The van der Waals surface area contributed by atoms with Gasteiger partial charge in [0.1, 0.15) is 5.82 Å². The lowest BCUT2D eigenvalue weighted by molar-refractivity contribution is 0.255. The third-order valence-electron chi connectivity index (χ3n) is 1.59. The Balaban J connectivity index is 2.51. The number of amides is 2. The predicted molar refractivity (Wildman–Crippen MR) is 58.0 cm³/mol. The number of nitrogens with one attached hydrogen (secondary N) is 2. The summed E-state index contributed by atoms with van der Waals surface area (Å²) in [5, 5.41) is 5.10. The van der Waals surface area contributed by atoms with Gasteiger partial charge in [-0.1, -0.05) is 5.57 Å². The lowest BCUT2D eigenvalue weighted by atomic mass is 10.3. The number of hydrogen-bond donors (Lipinski definition) is 2. The fourth-order valence-electron chi connectivity index (χ4n) is 0.910. The van der Waals surface area contributed by atoms with E-state index >= 15 is 0 Å². The van der Waals surface area contributed by atoms with Gasteiger partial charge in [-0.2, -0.15) is 0 Å². The maximum Gasteiger partial charge on any atom is 0.323 e. The van der Waals surface area contributed by atoms with Crippen LogP contribution in [-0.2, 0) is 0 Å². The number of urea groups is 1.